The lowest BCUT2D eigenvalue weighted by molar-refractivity contribution is 0.317. The maximum Gasteiger partial charge on any atom is 0.162 e. The second kappa shape index (κ2) is 6.78. The Labute approximate surface area is 130 Å². The minimum atomic E-state index is -0.263. The minimum absolute atomic E-state index is 0.138. The van der Waals surface area contributed by atoms with Crippen molar-refractivity contribution in [2.24, 2.45) is 0 Å². The topological polar surface area (TPSA) is 41.5 Å². The van der Waals surface area contributed by atoms with Crippen LogP contribution in [0.2, 0.25) is 0 Å². The highest BCUT2D eigenvalue weighted by Gasteiger charge is 2.08. The fourth-order valence-corrected chi connectivity index (χ4v) is 2.47. The lowest BCUT2D eigenvalue weighted by Gasteiger charge is -2.12. The molecule has 0 fully saturated rings. The van der Waals surface area contributed by atoms with Gasteiger partial charge < -0.3 is 15.2 Å². The number of halogens is 2. The summed E-state index contributed by atoms with van der Waals surface area (Å²) in [6.07, 6.45) is 0. The van der Waals surface area contributed by atoms with Crippen LogP contribution >= 0.6 is 22.6 Å². The first kappa shape index (κ1) is 14.9. The van der Waals surface area contributed by atoms with E-state index in [0.717, 1.165) is 14.8 Å². The second-order valence-electron chi connectivity index (χ2n) is 4.17. The van der Waals surface area contributed by atoms with Crippen molar-refractivity contribution in [1.29, 1.82) is 0 Å². The van der Waals surface area contributed by atoms with Crippen molar-refractivity contribution in [3.63, 3.8) is 0 Å². The monoisotopic (exact) mass is 387 g/mol. The number of hydrogen-bond donors (Lipinski definition) is 2. The molecule has 0 aliphatic heterocycles. The van der Waals surface area contributed by atoms with Gasteiger partial charge in [0.1, 0.15) is 5.82 Å². The molecule has 106 valence electrons. The van der Waals surface area contributed by atoms with Gasteiger partial charge in [-0.05, 0) is 53.8 Å². The van der Waals surface area contributed by atoms with Crippen LogP contribution in [0.1, 0.15) is 12.5 Å². The SMILES string of the molecule is CCOc1cccc(CNc2ccc(F)cc2I)c1O. The lowest BCUT2D eigenvalue weighted by atomic mass is 10.2. The highest BCUT2D eigenvalue weighted by Crippen LogP contribution is 2.30. The third kappa shape index (κ3) is 3.53. The molecule has 3 nitrogen and oxygen atoms in total. The van der Waals surface area contributed by atoms with Crippen LogP contribution in [0.15, 0.2) is 36.4 Å². The summed E-state index contributed by atoms with van der Waals surface area (Å²) in [5.74, 6) is 0.348. The van der Waals surface area contributed by atoms with Crippen LogP contribution in [0.4, 0.5) is 10.1 Å². The average Bonchev–Trinajstić information content (AvgIpc) is 2.42. The predicted molar refractivity (Wildman–Crippen MR) is 85.7 cm³/mol. The van der Waals surface area contributed by atoms with Crippen molar-refractivity contribution < 1.29 is 14.2 Å². The third-order valence-electron chi connectivity index (χ3n) is 2.78. The highest BCUT2D eigenvalue weighted by molar-refractivity contribution is 14.1. The summed E-state index contributed by atoms with van der Waals surface area (Å²) >= 11 is 2.07. The molecule has 2 aromatic rings. The number of nitrogens with one attached hydrogen (secondary N) is 1. The summed E-state index contributed by atoms with van der Waals surface area (Å²) in [6.45, 7) is 2.81. The van der Waals surface area contributed by atoms with Crippen LogP contribution in [-0.4, -0.2) is 11.7 Å². The second-order valence-corrected chi connectivity index (χ2v) is 5.34. The standard InChI is InChI=1S/C15H15FINO2/c1-2-20-14-5-3-4-10(15(14)19)9-18-13-7-6-11(16)8-12(13)17/h3-8,18-19H,2,9H2,1H3. The van der Waals surface area contributed by atoms with Crippen molar-refractivity contribution in [3.05, 3.63) is 51.3 Å². The third-order valence-corrected chi connectivity index (χ3v) is 3.68. The van der Waals surface area contributed by atoms with Crippen molar-refractivity contribution in [2.75, 3.05) is 11.9 Å². The summed E-state index contributed by atoms with van der Waals surface area (Å²) in [5.41, 5.74) is 1.56. The molecule has 0 unspecified atom stereocenters. The van der Waals surface area contributed by atoms with Crippen LogP contribution in [0.5, 0.6) is 11.5 Å². The minimum Gasteiger partial charge on any atom is -0.504 e. The number of hydrogen-bond acceptors (Lipinski definition) is 3. The van der Waals surface area contributed by atoms with Gasteiger partial charge in [-0.2, -0.15) is 0 Å². The summed E-state index contributed by atoms with van der Waals surface area (Å²) in [6, 6.07) is 9.92. The summed E-state index contributed by atoms with van der Waals surface area (Å²) < 4.78 is 19.2. The van der Waals surface area contributed by atoms with Crippen LogP contribution in [0, 0.1) is 9.39 Å². The predicted octanol–water partition coefficient (Wildman–Crippen LogP) is 4.15. The van der Waals surface area contributed by atoms with Gasteiger partial charge in [-0.25, -0.2) is 4.39 Å². The smallest absolute Gasteiger partial charge is 0.162 e. The van der Waals surface area contributed by atoms with Gasteiger partial charge in [0.05, 0.1) is 6.61 Å². The first-order chi connectivity index (χ1) is 9.61. The highest BCUT2D eigenvalue weighted by atomic mass is 127. The van der Waals surface area contributed by atoms with E-state index >= 15 is 0 Å². The van der Waals surface area contributed by atoms with Crippen molar-refractivity contribution in [1.82, 2.24) is 0 Å². The molecule has 2 rings (SSSR count). The van der Waals surface area contributed by atoms with Gasteiger partial charge in [-0.1, -0.05) is 12.1 Å². The van der Waals surface area contributed by atoms with E-state index in [1.54, 1.807) is 12.1 Å². The Balaban J connectivity index is 2.12. The molecule has 20 heavy (non-hydrogen) atoms. The molecule has 0 radical (unpaired) electrons. The van der Waals surface area contributed by atoms with Crippen LogP contribution in [0.3, 0.4) is 0 Å². The van der Waals surface area contributed by atoms with Gasteiger partial charge in [-0.15, -0.1) is 0 Å². The molecule has 0 aliphatic carbocycles. The molecule has 0 bridgehead atoms. The Morgan fingerprint density at radius 2 is 2.10 bits per heavy atom. The molecular weight excluding hydrogens is 372 g/mol. The zero-order valence-corrected chi connectivity index (χ0v) is 13.1. The molecule has 0 saturated carbocycles. The fourth-order valence-electron chi connectivity index (χ4n) is 1.81. The number of anilines is 1. The van der Waals surface area contributed by atoms with Crippen LogP contribution in [-0.2, 0) is 6.54 Å². The van der Waals surface area contributed by atoms with Gasteiger partial charge in [0.15, 0.2) is 11.5 Å². The van der Waals surface area contributed by atoms with E-state index in [-0.39, 0.29) is 11.6 Å². The van der Waals surface area contributed by atoms with Crippen molar-refractivity contribution in [2.45, 2.75) is 13.5 Å². The van der Waals surface area contributed by atoms with E-state index in [1.165, 1.54) is 12.1 Å². The van der Waals surface area contributed by atoms with Crippen molar-refractivity contribution in [3.8, 4) is 11.5 Å². The number of rotatable bonds is 5. The van der Waals surface area contributed by atoms with E-state index in [4.69, 9.17) is 4.74 Å². The molecule has 0 spiro atoms. The molecule has 0 saturated heterocycles. The summed E-state index contributed by atoms with van der Waals surface area (Å²) in [4.78, 5) is 0. The van der Waals surface area contributed by atoms with E-state index < -0.39 is 0 Å². The maximum absolute atomic E-state index is 13.0. The number of benzene rings is 2. The first-order valence-electron chi connectivity index (χ1n) is 6.24. The molecule has 0 aliphatic rings. The van der Waals surface area contributed by atoms with E-state index in [1.807, 2.05) is 19.1 Å². The fraction of sp³-hybridized carbons (Fsp3) is 0.200. The zero-order valence-electron chi connectivity index (χ0n) is 11.0. The Hall–Kier alpha value is -1.50. The lowest BCUT2D eigenvalue weighted by Crippen LogP contribution is -2.02. The average molecular weight is 387 g/mol. The maximum atomic E-state index is 13.0. The van der Waals surface area contributed by atoms with E-state index in [2.05, 4.69) is 27.9 Å². The molecule has 2 aromatic carbocycles. The molecule has 0 amide bonds. The van der Waals surface area contributed by atoms with Gasteiger partial charge >= 0.3 is 0 Å². The Morgan fingerprint density at radius 1 is 1.30 bits per heavy atom. The normalized spacial score (nSPS) is 10.3. The zero-order chi connectivity index (χ0) is 14.5. The molecule has 2 N–H and O–H groups in total. The van der Waals surface area contributed by atoms with Gasteiger partial charge in [0.25, 0.3) is 0 Å². The van der Waals surface area contributed by atoms with Crippen LogP contribution in [0.25, 0.3) is 0 Å². The number of ether oxygens (including phenoxy) is 1. The van der Waals surface area contributed by atoms with Crippen molar-refractivity contribution >= 4 is 28.3 Å². The summed E-state index contributed by atoms with van der Waals surface area (Å²) in [5, 5.41) is 13.3. The molecule has 0 aromatic heterocycles. The van der Waals surface area contributed by atoms with Gasteiger partial charge in [-0.3, -0.25) is 0 Å². The van der Waals surface area contributed by atoms with Gasteiger partial charge in [0.2, 0.25) is 0 Å². The van der Waals surface area contributed by atoms with Gasteiger partial charge in [0, 0.05) is 21.4 Å². The van der Waals surface area contributed by atoms with E-state index in [0.29, 0.717) is 18.9 Å². The Morgan fingerprint density at radius 3 is 2.80 bits per heavy atom. The molecular formula is C15H15FINO2. The molecule has 5 heteroatoms. The number of phenolic OH excluding ortho intramolecular Hbond substituents is 1. The number of phenols is 1. The quantitative estimate of drug-likeness (QED) is 0.758. The largest absolute Gasteiger partial charge is 0.504 e. The number of para-hydroxylation sites is 1. The van der Waals surface area contributed by atoms with E-state index in [9.17, 15) is 9.50 Å². The Kier molecular flexibility index (Phi) is 5.05. The number of aromatic hydroxyl groups is 1. The summed E-state index contributed by atoms with van der Waals surface area (Å²) in [7, 11) is 0. The first-order valence-corrected chi connectivity index (χ1v) is 7.32. The Bertz CT molecular complexity index is 604. The molecule has 0 atom stereocenters. The van der Waals surface area contributed by atoms with Crippen LogP contribution < -0.4 is 10.1 Å². The molecule has 0 heterocycles.